The van der Waals surface area contributed by atoms with Crippen LogP contribution in [0.15, 0.2) is 82.0 Å². The Kier molecular flexibility index (Phi) is 4.26. The first-order valence-corrected chi connectivity index (χ1v) is 10.9. The van der Waals surface area contributed by atoms with Gasteiger partial charge in [-0.3, -0.25) is 14.4 Å². The quantitative estimate of drug-likeness (QED) is 0.472. The highest BCUT2D eigenvalue weighted by molar-refractivity contribution is 6.16. The van der Waals surface area contributed by atoms with E-state index in [9.17, 15) is 18.8 Å². The van der Waals surface area contributed by atoms with Crippen LogP contribution in [0, 0.1) is 5.82 Å². The van der Waals surface area contributed by atoms with Crippen LogP contribution in [0.1, 0.15) is 27.2 Å². The van der Waals surface area contributed by atoms with Gasteiger partial charge in [-0.25, -0.2) is 4.39 Å². The van der Waals surface area contributed by atoms with E-state index in [1.54, 1.807) is 31.3 Å². The predicted octanol–water partition coefficient (Wildman–Crippen LogP) is 3.85. The van der Waals surface area contributed by atoms with E-state index in [-0.39, 0.29) is 28.8 Å². The molecule has 168 valence electrons. The van der Waals surface area contributed by atoms with Gasteiger partial charge in [-0.15, -0.1) is 0 Å². The van der Waals surface area contributed by atoms with Gasteiger partial charge in [0.25, 0.3) is 11.8 Å². The van der Waals surface area contributed by atoms with E-state index in [1.807, 2.05) is 30.3 Å². The maximum Gasteiger partial charge on any atom is 0.291 e. The smallest absolute Gasteiger partial charge is 0.291 e. The first kappa shape index (κ1) is 20.4. The van der Waals surface area contributed by atoms with Crippen LogP contribution in [0.5, 0.6) is 0 Å². The van der Waals surface area contributed by atoms with Gasteiger partial charge >= 0.3 is 0 Å². The molecule has 1 aromatic heterocycles. The van der Waals surface area contributed by atoms with Crippen molar-refractivity contribution in [2.24, 2.45) is 0 Å². The minimum Gasteiger partial charge on any atom is -0.450 e. The molecule has 2 amide bonds. The highest BCUT2D eigenvalue weighted by Gasteiger charge is 2.64. The molecule has 3 aromatic carbocycles. The van der Waals surface area contributed by atoms with Crippen LogP contribution in [-0.4, -0.2) is 30.3 Å². The largest absolute Gasteiger partial charge is 0.450 e. The maximum absolute atomic E-state index is 14.0. The molecule has 4 aromatic rings. The summed E-state index contributed by atoms with van der Waals surface area (Å²) in [5, 5.41) is -0.00401. The third kappa shape index (κ3) is 2.52. The summed E-state index contributed by atoms with van der Waals surface area (Å²) in [4.78, 5) is 44.4. The average molecular weight is 454 g/mol. The molecule has 0 saturated heterocycles. The molecule has 1 unspecified atom stereocenters. The first-order valence-electron chi connectivity index (χ1n) is 10.9. The summed E-state index contributed by atoms with van der Waals surface area (Å²) in [6, 6.07) is 20.3. The summed E-state index contributed by atoms with van der Waals surface area (Å²) >= 11 is 0. The van der Waals surface area contributed by atoms with Gasteiger partial charge in [0.2, 0.25) is 5.76 Å². The van der Waals surface area contributed by atoms with E-state index in [1.165, 1.54) is 21.9 Å². The normalized spacial score (nSPS) is 18.8. The fourth-order valence-electron chi connectivity index (χ4n) is 5.25. The van der Waals surface area contributed by atoms with Gasteiger partial charge in [0.1, 0.15) is 11.4 Å². The number of carbonyl (C=O) groups is 2. The number of carbonyl (C=O) groups excluding carboxylic acids is 2. The molecule has 3 heterocycles. The minimum atomic E-state index is -1.67. The zero-order chi connectivity index (χ0) is 23.6. The lowest BCUT2D eigenvalue weighted by molar-refractivity contribution is -0.125. The van der Waals surface area contributed by atoms with Crippen molar-refractivity contribution in [1.82, 2.24) is 4.90 Å². The number of hydrogen-bond donors (Lipinski definition) is 0. The van der Waals surface area contributed by atoms with Crippen molar-refractivity contribution in [2.45, 2.75) is 12.0 Å². The molecule has 2 aliphatic heterocycles. The van der Waals surface area contributed by atoms with E-state index < -0.39 is 28.6 Å². The lowest BCUT2D eigenvalue weighted by Crippen LogP contribution is -2.53. The molecular formula is C27H19FN2O4. The van der Waals surface area contributed by atoms with Crippen molar-refractivity contribution in [1.29, 1.82) is 0 Å². The molecule has 1 spiro atoms. The van der Waals surface area contributed by atoms with E-state index in [4.69, 9.17) is 4.42 Å². The van der Waals surface area contributed by atoms with Crippen LogP contribution in [0.3, 0.4) is 0 Å². The molecular weight excluding hydrogens is 435 g/mol. The van der Waals surface area contributed by atoms with Gasteiger partial charge in [0.05, 0.1) is 10.9 Å². The third-order valence-corrected chi connectivity index (χ3v) is 6.79. The summed E-state index contributed by atoms with van der Waals surface area (Å²) in [7, 11) is 1.62. The van der Waals surface area contributed by atoms with E-state index in [0.717, 1.165) is 11.6 Å². The molecule has 6 rings (SSSR count). The van der Waals surface area contributed by atoms with Crippen LogP contribution in [0.4, 0.5) is 10.1 Å². The molecule has 0 N–H and O–H groups in total. The monoisotopic (exact) mass is 454 g/mol. The number of likely N-dealkylation sites (N-methyl/N-ethyl adjacent to an activating group) is 1. The third-order valence-electron chi connectivity index (χ3n) is 6.79. The van der Waals surface area contributed by atoms with E-state index in [2.05, 4.69) is 0 Å². The molecule has 1 atom stereocenters. The topological polar surface area (TPSA) is 70.8 Å². The van der Waals surface area contributed by atoms with Gasteiger partial charge in [-0.2, -0.15) is 0 Å². The summed E-state index contributed by atoms with van der Waals surface area (Å²) in [6.07, 6.45) is 0.476. The number of rotatable bonds is 3. The standard InChI is InChI=1S/C27H19FN2O4/c1-29-20-10-6-5-9-19(20)27(26(29)33)22-23(31)18-15-17(28)11-12-21(18)34-24(22)25(32)30(27)14-13-16-7-3-2-4-8-16/h2-12,15H,13-14H2,1H3. The number of amides is 2. The van der Waals surface area contributed by atoms with Crippen LogP contribution in [-0.2, 0) is 16.8 Å². The Morgan fingerprint density at radius 2 is 1.68 bits per heavy atom. The SMILES string of the molecule is CN1C(=O)C2(c3ccccc31)c1c(oc3ccc(F)cc3c1=O)C(=O)N2CCc1ccccc1. The zero-order valence-electron chi connectivity index (χ0n) is 18.2. The number of hydrogen-bond acceptors (Lipinski definition) is 4. The van der Waals surface area contributed by atoms with Crippen molar-refractivity contribution in [3.05, 3.63) is 111 Å². The molecule has 0 radical (unpaired) electrons. The lowest BCUT2D eigenvalue weighted by Gasteiger charge is -2.34. The van der Waals surface area contributed by atoms with Crippen molar-refractivity contribution in [2.75, 3.05) is 18.5 Å². The van der Waals surface area contributed by atoms with Gasteiger partial charge < -0.3 is 14.2 Å². The second kappa shape index (κ2) is 7.12. The Labute approximate surface area is 193 Å². The highest BCUT2D eigenvalue weighted by Crippen LogP contribution is 2.52. The fourth-order valence-corrected chi connectivity index (χ4v) is 5.25. The van der Waals surface area contributed by atoms with Crippen molar-refractivity contribution in [3.63, 3.8) is 0 Å². The molecule has 0 fully saturated rings. The molecule has 0 bridgehead atoms. The average Bonchev–Trinajstić information content (AvgIpc) is 3.23. The minimum absolute atomic E-state index is 0.00401. The van der Waals surface area contributed by atoms with Crippen molar-refractivity contribution < 1.29 is 18.4 Å². The summed E-state index contributed by atoms with van der Waals surface area (Å²) in [5.41, 5.74) is -0.0728. The molecule has 6 nitrogen and oxygen atoms in total. The second-order valence-corrected chi connectivity index (χ2v) is 8.56. The molecule has 2 aliphatic rings. The Balaban J connectivity index is 1.65. The number of para-hydroxylation sites is 1. The predicted molar refractivity (Wildman–Crippen MR) is 124 cm³/mol. The Morgan fingerprint density at radius 3 is 2.47 bits per heavy atom. The number of nitrogens with zero attached hydrogens (tertiary/aromatic N) is 2. The van der Waals surface area contributed by atoms with Crippen molar-refractivity contribution in [3.8, 4) is 0 Å². The summed E-state index contributed by atoms with van der Waals surface area (Å²) in [5.74, 6) is -1.73. The summed E-state index contributed by atoms with van der Waals surface area (Å²) < 4.78 is 19.9. The fraction of sp³-hybridized carbons (Fsp3) is 0.148. The van der Waals surface area contributed by atoms with Crippen LogP contribution in [0.2, 0.25) is 0 Å². The second-order valence-electron chi connectivity index (χ2n) is 8.56. The molecule has 7 heteroatoms. The number of benzene rings is 3. The van der Waals surface area contributed by atoms with Crippen LogP contribution >= 0.6 is 0 Å². The number of fused-ring (bicyclic) bond motifs is 5. The Morgan fingerprint density at radius 1 is 0.941 bits per heavy atom. The van der Waals surface area contributed by atoms with Gasteiger partial charge in [0, 0.05) is 24.8 Å². The van der Waals surface area contributed by atoms with E-state index in [0.29, 0.717) is 17.7 Å². The molecule has 34 heavy (non-hydrogen) atoms. The van der Waals surface area contributed by atoms with Crippen LogP contribution < -0.4 is 10.3 Å². The Bertz CT molecular complexity index is 1560. The van der Waals surface area contributed by atoms with Gasteiger partial charge in [-0.05, 0) is 36.2 Å². The van der Waals surface area contributed by atoms with E-state index >= 15 is 0 Å². The lowest BCUT2D eigenvalue weighted by atomic mass is 9.84. The molecule has 0 aliphatic carbocycles. The Hall–Kier alpha value is -4.26. The zero-order valence-corrected chi connectivity index (χ0v) is 18.2. The van der Waals surface area contributed by atoms with Crippen LogP contribution in [0.25, 0.3) is 11.0 Å². The first-order chi connectivity index (χ1) is 16.4. The van der Waals surface area contributed by atoms with Crippen molar-refractivity contribution >= 4 is 28.5 Å². The maximum atomic E-state index is 14.0. The summed E-state index contributed by atoms with van der Waals surface area (Å²) in [6.45, 7) is 0.186. The van der Waals surface area contributed by atoms with Gasteiger partial charge in [0.15, 0.2) is 11.0 Å². The molecule has 0 saturated carbocycles. The highest BCUT2D eigenvalue weighted by atomic mass is 19.1. The number of halogens is 1. The van der Waals surface area contributed by atoms with Gasteiger partial charge in [-0.1, -0.05) is 48.5 Å². The number of anilines is 1.